The molecule has 2 aromatic rings. The van der Waals surface area contributed by atoms with Crippen molar-refractivity contribution in [3.05, 3.63) is 41.5 Å². The van der Waals surface area contributed by atoms with E-state index in [0.29, 0.717) is 28.9 Å². The number of carbonyl (C=O) groups excluding carboxylic acids is 1. The molecule has 138 valence electrons. The molecule has 0 saturated heterocycles. The van der Waals surface area contributed by atoms with Gasteiger partial charge in [-0.25, -0.2) is 0 Å². The topological polar surface area (TPSA) is 77.2 Å². The lowest BCUT2D eigenvalue weighted by atomic mass is 9.84. The average molecular weight is 355 g/mol. The molecule has 2 aliphatic carbocycles. The van der Waals surface area contributed by atoms with Crippen LogP contribution in [0.4, 0.5) is 0 Å². The number of nitrogens with one attached hydrogen (secondary N) is 1. The molecule has 1 N–H and O–H groups in total. The quantitative estimate of drug-likeness (QED) is 0.858. The first kappa shape index (κ1) is 17.1. The van der Waals surface area contributed by atoms with Crippen LogP contribution in [0.3, 0.4) is 0 Å². The summed E-state index contributed by atoms with van der Waals surface area (Å²) in [5, 5.41) is 6.98. The Kier molecular flexibility index (Phi) is 4.66. The minimum Gasteiger partial charge on any atom is -0.485 e. The second kappa shape index (κ2) is 7.09. The summed E-state index contributed by atoms with van der Waals surface area (Å²) >= 11 is 0. The number of benzene rings is 1. The maximum Gasteiger partial charge on any atom is 0.251 e. The fourth-order valence-electron chi connectivity index (χ4n) is 4.55. The second-order valence-electron chi connectivity index (χ2n) is 7.64. The van der Waals surface area contributed by atoms with Crippen LogP contribution < -0.4 is 10.1 Å². The van der Waals surface area contributed by atoms with E-state index in [2.05, 4.69) is 22.4 Å². The number of carbonyl (C=O) groups is 1. The zero-order valence-electron chi connectivity index (χ0n) is 15.3. The van der Waals surface area contributed by atoms with Gasteiger partial charge in [-0.05, 0) is 68.2 Å². The number of aryl methyl sites for hydroxylation is 1. The van der Waals surface area contributed by atoms with Crippen LogP contribution in [0.1, 0.15) is 54.7 Å². The van der Waals surface area contributed by atoms with E-state index in [4.69, 9.17) is 9.26 Å². The first-order valence-electron chi connectivity index (χ1n) is 9.41. The van der Waals surface area contributed by atoms with Gasteiger partial charge < -0.3 is 14.6 Å². The maximum absolute atomic E-state index is 12.5. The molecule has 4 rings (SSSR count). The number of amides is 1. The molecule has 2 bridgehead atoms. The van der Waals surface area contributed by atoms with Gasteiger partial charge in [0.25, 0.3) is 5.91 Å². The van der Waals surface area contributed by atoms with Crippen molar-refractivity contribution in [3.8, 4) is 5.75 Å². The van der Waals surface area contributed by atoms with E-state index >= 15 is 0 Å². The van der Waals surface area contributed by atoms with Gasteiger partial charge in [0, 0.05) is 18.5 Å². The summed E-state index contributed by atoms with van der Waals surface area (Å²) in [7, 11) is 0. The maximum atomic E-state index is 12.5. The van der Waals surface area contributed by atoms with Gasteiger partial charge >= 0.3 is 0 Å². The van der Waals surface area contributed by atoms with Crippen LogP contribution >= 0.6 is 0 Å². The van der Waals surface area contributed by atoms with Gasteiger partial charge in [-0.3, -0.25) is 4.79 Å². The van der Waals surface area contributed by atoms with Crippen LogP contribution in [0.2, 0.25) is 0 Å². The molecule has 1 aromatic carbocycles. The summed E-state index contributed by atoms with van der Waals surface area (Å²) in [5.74, 6) is 4.01. The van der Waals surface area contributed by atoms with Gasteiger partial charge in [0.2, 0.25) is 11.7 Å². The fraction of sp³-hybridized carbons (Fsp3) is 0.550. The van der Waals surface area contributed by atoms with E-state index < -0.39 is 0 Å². The molecule has 1 amide bonds. The van der Waals surface area contributed by atoms with Gasteiger partial charge in [-0.1, -0.05) is 11.6 Å². The predicted molar refractivity (Wildman–Crippen MR) is 95.7 cm³/mol. The van der Waals surface area contributed by atoms with Crippen molar-refractivity contribution in [3.63, 3.8) is 0 Å². The lowest BCUT2D eigenvalue weighted by molar-refractivity contribution is 0.0915. The van der Waals surface area contributed by atoms with E-state index in [1.54, 1.807) is 31.2 Å². The molecule has 0 aliphatic heterocycles. The monoisotopic (exact) mass is 355 g/mol. The molecule has 0 radical (unpaired) electrons. The van der Waals surface area contributed by atoms with Gasteiger partial charge in [-0.15, -0.1) is 0 Å². The zero-order valence-corrected chi connectivity index (χ0v) is 15.3. The fourth-order valence-corrected chi connectivity index (χ4v) is 4.55. The van der Waals surface area contributed by atoms with Crippen molar-refractivity contribution in [1.82, 2.24) is 15.5 Å². The summed E-state index contributed by atoms with van der Waals surface area (Å²) in [4.78, 5) is 16.6. The highest BCUT2D eigenvalue weighted by Gasteiger charge is 2.42. The van der Waals surface area contributed by atoms with Crippen molar-refractivity contribution in [2.45, 2.75) is 52.2 Å². The van der Waals surface area contributed by atoms with Crippen LogP contribution in [0.25, 0.3) is 0 Å². The van der Waals surface area contributed by atoms with Crippen molar-refractivity contribution < 1.29 is 14.1 Å². The first-order chi connectivity index (χ1) is 12.6. The van der Waals surface area contributed by atoms with Gasteiger partial charge in [-0.2, -0.15) is 4.98 Å². The molecule has 6 nitrogen and oxygen atoms in total. The Hall–Kier alpha value is -2.37. The van der Waals surface area contributed by atoms with E-state index in [-0.39, 0.29) is 18.6 Å². The number of aromatic nitrogens is 2. The highest BCUT2D eigenvalue weighted by atomic mass is 16.5. The molecule has 0 spiro atoms. The summed E-state index contributed by atoms with van der Waals surface area (Å²) in [5.41, 5.74) is 0.655. The normalized spacial score (nSPS) is 25.2. The Morgan fingerprint density at radius 2 is 2.12 bits per heavy atom. The summed E-state index contributed by atoms with van der Waals surface area (Å²) in [6, 6.07) is 7.41. The van der Waals surface area contributed by atoms with E-state index in [1.807, 2.05) is 0 Å². The number of nitrogens with zero attached hydrogens (tertiary/aromatic N) is 2. The number of rotatable bonds is 6. The van der Waals surface area contributed by atoms with E-state index in [1.165, 1.54) is 25.7 Å². The van der Waals surface area contributed by atoms with Crippen molar-refractivity contribution in [1.29, 1.82) is 0 Å². The summed E-state index contributed by atoms with van der Waals surface area (Å²) < 4.78 is 10.5. The molecular weight excluding hydrogens is 330 g/mol. The largest absolute Gasteiger partial charge is 0.485 e. The second-order valence-corrected chi connectivity index (χ2v) is 7.64. The third-order valence-electron chi connectivity index (χ3n) is 5.85. The summed E-state index contributed by atoms with van der Waals surface area (Å²) in [6.07, 6.45) is 5.35. The molecular formula is C20H25N3O3. The molecule has 2 aliphatic rings. The van der Waals surface area contributed by atoms with E-state index in [9.17, 15) is 4.79 Å². The molecule has 2 fully saturated rings. The SMILES string of the molecule is Cc1nc(COc2ccc(C(=O)NC(C)C3CC4CCC3C4)cc2)no1. The third-order valence-corrected chi connectivity index (χ3v) is 5.85. The average Bonchev–Trinajstić information content (AvgIpc) is 3.37. The lowest BCUT2D eigenvalue weighted by Crippen LogP contribution is -2.40. The number of fused-ring (bicyclic) bond motifs is 2. The summed E-state index contributed by atoms with van der Waals surface area (Å²) in [6.45, 7) is 4.12. The Labute approximate surface area is 153 Å². The minimum absolute atomic E-state index is 0.0133. The molecule has 2 saturated carbocycles. The van der Waals surface area contributed by atoms with Gasteiger partial charge in [0.1, 0.15) is 5.75 Å². The van der Waals surface area contributed by atoms with Crippen LogP contribution in [-0.2, 0) is 6.61 Å². The minimum atomic E-state index is -0.0133. The number of hydrogen-bond acceptors (Lipinski definition) is 5. The Morgan fingerprint density at radius 1 is 1.31 bits per heavy atom. The highest BCUT2D eigenvalue weighted by molar-refractivity contribution is 5.94. The Morgan fingerprint density at radius 3 is 2.73 bits per heavy atom. The van der Waals surface area contributed by atoms with Gasteiger partial charge in [0.15, 0.2) is 6.61 Å². The lowest BCUT2D eigenvalue weighted by Gasteiger charge is -2.28. The van der Waals surface area contributed by atoms with Crippen molar-refractivity contribution in [2.75, 3.05) is 0 Å². The van der Waals surface area contributed by atoms with E-state index in [0.717, 1.165) is 11.8 Å². The van der Waals surface area contributed by atoms with Crippen molar-refractivity contribution in [2.24, 2.45) is 17.8 Å². The molecule has 26 heavy (non-hydrogen) atoms. The Bertz CT molecular complexity index is 771. The number of hydrogen-bond donors (Lipinski definition) is 1. The molecule has 4 atom stereocenters. The van der Waals surface area contributed by atoms with Crippen molar-refractivity contribution >= 4 is 5.91 Å². The number of ether oxygens (including phenoxy) is 1. The van der Waals surface area contributed by atoms with Crippen LogP contribution in [0, 0.1) is 24.7 Å². The van der Waals surface area contributed by atoms with Crippen LogP contribution in [0.15, 0.2) is 28.8 Å². The molecule has 6 heteroatoms. The smallest absolute Gasteiger partial charge is 0.251 e. The first-order valence-corrected chi connectivity index (χ1v) is 9.41. The zero-order chi connectivity index (χ0) is 18.1. The highest BCUT2D eigenvalue weighted by Crippen LogP contribution is 2.49. The molecule has 1 heterocycles. The predicted octanol–water partition coefficient (Wildman–Crippen LogP) is 3.51. The molecule has 4 unspecified atom stereocenters. The third kappa shape index (κ3) is 3.59. The van der Waals surface area contributed by atoms with Crippen LogP contribution in [0.5, 0.6) is 5.75 Å². The standard InChI is InChI=1S/C20H25N3O3/c1-12(18-10-14-3-4-16(18)9-14)21-20(24)15-5-7-17(8-6-15)25-11-19-22-13(2)26-23-19/h5-8,12,14,16,18H,3-4,9-11H2,1-2H3,(H,21,24). The Balaban J connectivity index is 1.30. The van der Waals surface area contributed by atoms with Crippen LogP contribution in [-0.4, -0.2) is 22.1 Å². The molecule has 1 aromatic heterocycles. The van der Waals surface area contributed by atoms with Gasteiger partial charge in [0.05, 0.1) is 0 Å².